The van der Waals surface area contributed by atoms with Crippen molar-refractivity contribution in [1.82, 2.24) is 10.6 Å². The third-order valence-electron chi connectivity index (χ3n) is 3.64. The van der Waals surface area contributed by atoms with Crippen LogP contribution in [0.5, 0.6) is 0 Å². The van der Waals surface area contributed by atoms with Crippen LogP contribution in [-0.2, 0) is 4.79 Å². The molecule has 1 fully saturated rings. The summed E-state index contributed by atoms with van der Waals surface area (Å²) in [6.45, 7) is 13.7. The molecule has 0 aromatic heterocycles. The van der Waals surface area contributed by atoms with E-state index in [4.69, 9.17) is 0 Å². The Hall–Kier alpha value is -0.570. The van der Waals surface area contributed by atoms with E-state index >= 15 is 0 Å². The molecule has 0 aromatic carbocycles. The van der Waals surface area contributed by atoms with Crippen LogP contribution in [0.2, 0.25) is 0 Å². The summed E-state index contributed by atoms with van der Waals surface area (Å²) < 4.78 is 0. The molecule has 1 aliphatic rings. The lowest BCUT2D eigenvalue weighted by molar-refractivity contribution is -0.127. The molecule has 0 aliphatic carbocycles. The van der Waals surface area contributed by atoms with Crippen LogP contribution in [0.4, 0.5) is 0 Å². The average molecular weight is 240 g/mol. The Morgan fingerprint density at radius 2 is 1.94 bits per heavy atom. The first-order valence-electron chi connectivity index (χ1n) is 6.80. The maximum atomic E-state index is 12.0. The van der Waals surface area contributed by atoms with Gasteiger partial charge in [0.25, 0.3) is 0 Å². The second kappa shape index (κ2) is 5.85. The normalized spacial score (nSPS) is 18.9. The van der Waals surface area contributed by atoms with Gasteiger partial charge in [-0.3, -0.25) is 4.79 Å². The minimum atomic E-state index is 0.145. The lowest BCUT2D eigenvalue weighted by atomic mass is 9.83. The smallest absolute Gasteiger partial charge is 0.223 e. The van der Waals surface area contributed by atoms with E-state index < -0.39 is 0 Å². The van der Waals surface area contributed by atoms with Crippen molar-refractivity contribution in [3.05, 3.63) is 0 Å². The molecule has 1 amide bonds. The SMILES string of the molecule is CC(C)CC(C)(C)CNC(=O)C(C)C1CNC1. The molecule has 1 unspecified atom stereocenters. The molecule has 3 nitrogen and oxygen atoms in total. The number of carbonyl (C=O) groups excluding carboxylic acids is 1. The van der Waals surface area contributed by atoms with Crippen molar-refractivity contribution in [1.29, 1.82) is 0 Å². The Bertz CT molecular complexity index is 257. The highest BCUT2D eigenvalue weighted by atomic mass is 16.1. The van der Waals surface area contributed by atoms with Crippen molar-refractivity contribution in [2.45, 2.75) is 41.0 Å². The summed E-state index contributed by atoms with van der Waals surface area (Å²) in [4.78, 5) is 12.0. The van der Waals surface area contributed by atoms with Gasteiger partial charge in [-0.1, -0.05) is 34.6 Å². The summed E-state index contributed by atoms with van der Waals surface area (Å²) in [5.41, 5.74) is 0.196. The second-order valence-electron chi connectivity index (χ2n) is 6.69. The molecule has 17 heavy (non-hydrogen) atoms. The van der Waals surface area contributed by atoms with Gasteiger partial charge in [0.1, 0.15) is 0 Å². The fraction of sp³-hybridized carbons (Fsp3) is 0.929. The Morgan fingerprint density at radius 1 is 1.35 bits per heavy atom. The Morgan fingerprint density at radius 3 is 2.35 bits per heavy atom. The first-order chi connectivity index (χ1) is 7.82. The van der Waals surface area contributed by atoms with Crippen LogP contribution in [0.1, 0.15) is 41.0 Å². The van der Waals surface area contributed by atoms with Crippen molar-refractivity contribution >= 4 is 5.91 Å². The summed E-state index contributed by atoms with van der Waals surface area (Å²) in [6.07, 6.45) is 1.15. The van der Waals surface area contributed by atoms with Crippen molar-refractivity contribution in [3.8, 4) is 0 Å². The number of amides is 1. The van der Waals surface area contributed by atoms with Crippen LogP contribution in [0.15, 0.2) is 0 Å². The van der Waals surface area contributed by atoms with Gasteiger partial charge < -0.3 is 10.6 Å². The van der Waals surface area contributed by atoms with Gasteiger partial charge in [0, 0.05) is 12.5 Å². The first-order valence-corrected chi connectivity index (χ1v) is 6.80. The summed E-state index contributed by atoms with van der Waals surface area (Å²) in [5.74, 6) is 1.57. The molecule has 3 heteroatoms. The molecule has 0 radical (unpaired) electrons. The Kier molecular flexibility index (Phi) is 4.99. The van der Waals surface area contributed by atoms with Gasteiger partial charge in [0.15, 0.2) is 0 Å². The molecular formula is C14H28N2O. The molecule has 2 N–H and O–H groups in total. The maximum absolute atomic E-state index is 12.0. The molecule has 1 atom stereocenters. The lowest BCUT2D eigenvalue weighted by Crippen LogP contribution is -2.50. The number of carbonyl (C=O) groups is 1. The molecule has 100 valence electrons. The van der Waals surface area contributed by atoms with E-state index in [-0.39, 0.29) is 17.2 Å². The second-order valence-corrected chi connectivity index (χ2v) is 6.69. The minimum Gasteiger partial charge on any atom is -0.355 e. The molecule has 0 aromatic rings. The van der Waals surface area contributed by atoms with E-state index in [1.54, 1.807) is 0 Å². The minimum absolute atomic E-state index is 0.145. The monoisotopic (exact) mass is 240 g/mol. The largest absolute Gasteiger partial charge is 0.355 e. The number of rotatable bonds is 6. The van der Waals surface area contributed by atoms with Crippen LogP contribution >= 0.6 is 0 Å². The topological polar surface area (TPSA) is 41.1 Å². The molecule has 1 heterocycles. The van der Waals surface area contributed by atoms with Crippen LogP contribution in [-0.4, -0.2) is 25.5 Å². The van der Waals surface area contributed by atoms with Crippen molar-refractivity contribution in [3.63, 3.8) is 0 Å². The Balaban J connectivity index is 2.31. The van der Waals surface area contributed by atoms with E-state index in [1.165, 1.54) is 0 Å². The highest BCUT2D eigenvalue weighted by Crippen LogP contribution is 2.24. The number of hydrogen-bond acceptors (Lipinski definition) is 2. The zero-order valence-electron chi connectivity index (χ0n) is 12.0. The summed E-state index contributed by atoms with van der Waals surface area (Å²) >= 11 is 0. The van der Waals surface area contributed by atoms with Crippen LogP contribution in [0, 0.1) is 23.2 Å². The lowest BCUT2D eigenvalue weighted by Gasteiger charge is -2.33. The van der Waals surface area contributed by atoms with E-state index in [1.807, 2.05) is 6.92 Å². The van der Waals surface area contributed by atoms with Gasteiger partial charge in [-0.15, -0.1) is 0 Å². The van der Waals surface area contributed by atoms with Gasteiger partial charge in [-0.25, -0.2) is 0 Å². The Labute approximate surface area is 106 Å². The standard InChI is InChI=1S/C14H28N2O/c1-10(2)6-14(4,5)9-16-13(17)11(3)12-7-15-8-12/h10-12,15H,6-9H2,1-5H3,(H,16,17). The third kappa shape index (κ3) is 4.66. The quantitative estimate of drug-likeness (QED) is 0.746. The van der Waals surface area contributed by atoms with E-state index in [0.29, 0.717) is 11.8 Å². The van der Waals surface area contributed by atoms with Gasteiger partial charge in [0.05, 0.1) is 0 Å². The molecule has 1 saturated heterocycles. The van der Waals surface area contributed by atoms with Gasteiger partial charge in [-0.2, -0.15) is 0 Å². The van der Waals surface area contributed by atoms with Crippen LogP contribution < -0.4 is 10.6 Å². The van der Waals surface area contributed by atoms with Crippen LogP contribution in [0.3, 0.4) is 0 Å². The fourth-order valence-corrected chi connectivity index (χ4v) is 2.54. The van der Waals surface area contributed by atoms with Gasteiger partial charge in [0.2, 0.25) is 5.91 Å². The van der Waals surface area contributed by atoms with Crippen molar-refractivity contribution in [2.75, 3.05) is 19.6 Å². The molecule has 0 bridgehead atoms. The third-order valence-corrected chi connectivity index (χ3v) is 3.64. The van der Waals surface area contributed by atoms with E-state index in [9.17, 15) is 4.79 Å². The molecule has 0 saturated carbocycles. The zero-order chi connectivity index (χ0) is 13.1. The molecule has 0 spiro atoms. The molecular weight excluding hydrogens is 212 g/mol. The summed E-state index contributed by atoms with van der Waals surface area (Å²) in [5, 5.41) is 6.33. The van der Waals surface area contributed by atoms with E-state index in [0.717, 1.165) is 26.1 Å². The molecule has 1 aliphatic heterocycles. The number of nitrogens with one attached hydrogen (secondary N) is 2. The molecule has 1 rings (SSSR count). The van der Waals surface area contributed by atoms with Crippen molar-refractivity contribution in [2.24, 2.45) is 23.2 Å². The van der Waals surface area contributed by atoms with Crippen molar-refractivity contribution < 1.29 is 4.79 Å². The average Bonchev–Trinajstić information content (AvgIpc) is 2.09. The first kappa shape index (κ1) is 14.5. The summed E-state index contributed by atoms with van der Waals surface area (Å²) in [7, 11) is 0. The van der Waals surface area contributed by atoms with E-state index in [2.05, 4.69) is 38.3 Å². The highest BCUT2D eigenvalue weighted by Gasteiger charge is 2.29. The summed E-state index contributed by atoms with van der Waals surface area (Å²) in [6, 6.07) is 0. The van der Waals surface area contributed by atoms with Crippen LogP contribution in [0.25, 0.3) is 0 Å². The predicted octanol–water partition coefficient (Wildman–Crippen LogP) is 2.03. The zero-order valence-corrected chi connectivity index (χ0v) is 12.0. The predicted molar refractivity (Wildman–Crippen MR) is 71.8 cm³/mol. The fourth-order valence-electron chi connectivity index (χ4n) is 2.54. The number of hydrogen-bond donors (Lipinski definition) is 2. The maximum Gasteiger partial charge on any atom is 0.223 e. The van der Waals surface area contributed by atoms with Gasteiger partial charge in [-0.05, 0) is 36.8 Å². The highest BCUT2D eigenvalue weighted by molar-refractivity contribution is 5.78. The van der Waals surface area contributed by atoms with Gasteiger partial charge >= 0.3 is 0 Å².